The Kier molecular flexibility index (Phi) is 6.71. The molecule has 4 atom stereocenters. The van der Waals surface area contributed by atoms with E-state index in [1.165, 1.54) is 0 Å². The zero-order valence-electron chi connectivity index (χ0n) is 16.5. The van der Waals surface area contributed by atoms with E-state index < -0.39 is 26.4 Å². The zero-order chi connectivity index (χ0) is 19.5. The lowest BCUT2D eigenvalue weighted by Crippen LogP contribution is -2.50. The van der Waals surface area contributed by atoms with Crippen LogP contribution in [-0.2, 0) is 18.6 Å². The molecule has 0 bridgehead atoms. The first-order valence-electron chi connectivity index (χ1n) is 8.90. The third-order valence-corrected chi connectivity index (χ3v) is 9.72. The predicted molar refractivity (Wildman–Crippen MR) is 104 cm³/mol. The van der Waals surface area contributed by atoms with Crippen LogP contribution in [0.25, 0.3) is 0 Å². The number of benzene rings is 1. The summed E-state index contributed by atoms with van der Waals surface area (Å²) in [6.07, 6.45) is -1.23. The van der Waals surface area contributed by atoms with Gasteiger partial charge in [-0.1, -0.05) is 39.0 Å². The van der Waals surface area contributed by atoms with Crippen LogP contribution in [0.2, 0.25) is 18.1 Å². The van der Waals surface area contributed by atoms with E-state index >= 15 is 0 Å². The number of hydrogen-bond donors (Lipinski definition) is 0. The van der Waals surface area contributed by atoms with Gasteiger partial charge in [-0.2, -0.15) is 0 Å². The van der Waals surface area contributed by atoms with E-state index in [0.717, 1.165) is 0 Å². The lowest BCUT2D eigenvalue weighted by Gasteiger charge is -2.40. The third kappa shape index (κ3) is 4.77. The minimum atomic E-state index is -2.04. The Balaban J connectivity index is 2.02. The minimum absolute atomic E-state index is 0.0445. The second-order valence-electron chi connectivity index (χ2n) is 8.15. The number of ether oxygens (including phenoxy) is 3. The maximum atomic E-state index is 12.1. The molecule has 2 radical (unpaired) electrons. The molecule has 0 N–H and O–H groups in total. The van der Waals surface area contributed by atoms with Crippen molar-refractivity contribution in [2.24, 2.45) is 0 Å². The Labute approximate surface area is 158 Å². The summed E-state index contributed by atoms with van der Waals surface area (Å²) < 4.78 is 23.2. The first-order chi connectivity index (χ1) is 12.1. The first-order valence-corrected chi connectivity index (χ1v) is 11.8. The fraction of sp³-hybridized carbons (Fsp3) is 0.632. The largest absolute Gasteiger partial charge is 0.459 e. The quantitative estimate of drug-likeness (QED) is 0.564. The highest BCUT2D eigenvalue weighted by Gasteiger charge is 2.48. The maximum absolute atomic E-state index is 12.1. The van der Waals surface area contributed by atoms with Gasteiger partial charge in [0.2, 0.25) is 0 Å². The topological polar surface area (TPSA) is 54.0 Å². The molecule has 142 valence electrons. The van der Waals surface area contributed by atoms with Crippen LogP contribution in [0.1, 0.15) is 31.1 Å². The first kappa shape index (κ1) is 21.2. The average molecular weight is 376 g/mol. The van der Waals surface area contributed by atoms with Crippen LogP contribution >= 0.6 is 0 Å². The summed E-state index contributed by atoms with van der Waals surface area (Å²) >= 11 is 0. The maximum Gasteiger partial charge on any atom is 0.338 e. The summed E-state index contributed by atoms with van der Waals surface area (Å²) in [5.41, 5.74) is 0.498. The molecule has 7 heteroatoms. The zero-order valence-corrected chi connectivity index (χ0v) is 17.5. The van der Waals surface area contributed by atoms with Crippen molar-refractivity contribution in [2.75, 3.05) is 13.7 Å². The molecule has 0 aromatic heterocycles. The Morgan fingerprint density at radius 3 is 2.35 bits per heavy atom. The standard InChI is InChI=1S/C19H29BO5Si/c1-19(2,3)26(5,6)25-16-15(22-4)14(24-17(16)20)12-23-18(21)13-10-8-7-9-11-13/h7-11,14-17H,12H2,1-6H3/t14-,15+,16?,17-/m1/s1. The number of methoxy groups -OCH3 is 1. The van der Waals surface area contributed by atoms with Gasteiger partial charge in [0.25, 0.3) is 0 Å². The highest BCUT2D eigenvalue weighted by atomic mass is 28.4. The fourth-order valence-electron chi connectivity index (χ4n) is 2.64. The van der Waals surface area contributed by atoms with Gasteiger partial charge in [-0.25, -0.2) is 4.79 Å². The van der Waals surface area contributed by atoms with Gasteiger partial charge in [0.1, 0.15) is 26.7 Å². The Morgan fingerprint density at radius 2 is 1.81 bits per heavy atom. The van der Waals surface area contributed by atoms with Crippen molar-refractivity contribution in [1.82, 2.24) is 0 Å². The molecule has 1 aromatic rings. The molecular formula is C19H29BO5Si. The van der Waals surface area contributed by atoms with E-state index in [0.29, 0.717) is 5.56 Å². The van der Waals surface area contributed by atoms with Crippen molar-refractivity contribution in [3.05, 3.63) is 35.9 Å². The van der Waals surface area contributed by atoms with Gasteiger partial charge >= 0.3 is 5.97 Å². The van der Waals surface area contributed by atoms with E-state index in [4.69, 9.17) is 26.5 Å². The lowest BCUT2D eigenvalue weighted by molar-refractivity contribution is -0.0389. The van der Waals surface area contributed by atoms with E-state index in [2.05, 4.69) is 33.9 Å². The number of esters is 1. The van der Waals surface area contributed by atoms with Gasteiger partial charge in [-0.15, -0.1) is 0 Å². The lowest BCUT2D eigenvalue weighted by atomic mass is 9.93. The molecule has 2 rings (SSSR count). The van der Waals surface area contributed by atoms with E-state index in [1.807, 2.05) is 6.07 Å². The Morgan fingerprint density at radius 1 is 1.19 bits per heavy atom. The van der Waals surface area contributed by atoms with Crippen LogP contribution in [0.4, 0.5) is 0 Å². The minimum Gasteiger partial charge on any atom is -0.459 e. The van der Waals surface area contributed by atoms with E-state index in [-0.39, 0.29) is 23.9 Å². The Bertz CT molecular complexity index is 602. The van der Waals surface area contributed by atoms with Gasteiger partial charge in [-0.05, 0) is 30.3 Å². The molecule has 26 heavy (non-hydrogen) atoms. The molecule has 0 amide bonds. The van der Waals surface area contributed by atoms with Crippen molar-refractivity contribution < 1.29 is 23.4 Å². The molecule has 5 nitrogen and oxygen atoms in total. The van der Waals surface area contributed by atoms with Gasteiger partial charge < -0.3 is 18.6 Å². The van der Waals surface area contributed by atoms with Gasteiger partial charge in [-0.3, -0.25) is 0 Å². The molecule has 1 unspecified atom stereocenters. The van der Waals surface area contributed by atoms with Crippen LogP contribution in [0.3, 0.4) is 0 Å². The second kappa shape index (κ2) is 8.25. The van der Waals surface area contributed by atoms with Crippen molar-refractivity contribution in [3.63, 3.8) is 0 Å². The summed E-state index contributed by atoms with van der Waals surface area (Å²) in [7, 11) is 5.71. The van der Waals surface area contributed by atoms with Crippen LogP contribution in [-0.4, -0.2) is 60.2 Å². The van der Waals surface area contributed by atoms with E-state index in [9.17, 15) is 4.79 Å². The molecule has 1 aliphatic heterocycles. The summed E-state index contributed by atoms with van der Waals surface area (Å²) in [6, 6.07) is 8.23. The average Bonchev–Trinajstić information content (AvgIpc) is 2.87. The molecule has 0 saturated carbocycles. The predicted octanol–water partition coefficient (Wildman–Crippen LogP) is 3.14. The number of carbonyl (C=O) groups excluding carboxylic acids is 1. The summed E-state index contributed by atoms with van der Waals surface area (Å²) in [5, 5.41) is 0.0445. The van der Waals surface area contributed by atoms with Gasteiger partial charge in [0, 0.05) is 13.1 Å². The normalized spacial score (nSPS) is 26.7. The highest BCUT2D eigenvalue weighted by molar-refractivity contribution is 6.74. The molecule has 0 aliphatic carbocycles. The van der Waals surface area contributed by atoms with Crippen LogP contribution in [0.5, 0.6) is 0 Å². The van der Waals surface area contributed by atoms with Gasteiger partial charge in [0.15, 0.2) is 8.32 Å². The van der Waals surface area contributed by atoms with Crippen LogP contribution < -0.4 is 0 Å². The summed E-state index contributed by atoms with van der Waals surface area (Å²) in [6.45, 7) is 10.9. The van der Waals surface area contributed by atoms with Crippen molar-refractivity contribution in [3.8, 4) is 0 Å². The molecule has 1 heterocycles. The SMILES string of the molecule is [B][C@@H]1O[C@H](COC(=O)c2ccccc2)[C@H](OC)C1O[Si](C)(C)C(C)(C)C. The van der Waals surface area contributed by atoms with Gasteiger partial charge in [0.05, 0.1) is 11.7 Å². The highest BCUT2D eigenvalue weighted by Crippen LogP contribution is 2.39. The third-order valence-electron chi connectivity index (χ3n) is 5.24. The van der Waals surface area contributed by atoms with Crippen molar-refractivity contribution in [1.29, 1.82) is 0 Å². The van der Waals surface area contributed by atoms with Crippen molar-refractivity contribution in [2.45, 2.75) is 63.2 Å². The number of hydrogen-bond acceptors (Lipinski definition) is 5. The molecule has 1 aliphatic rings. The number of rotatable bonds is 6. The molecule has 0 spiro atoms. The molecule has 1 saturated heterocycles. The molecular weight excluding hydrogens is 347 g/mol. The number of carbonyl (C=O) groups is 1. The smallest absolute Gasteiger partial charge is 0.338 e. The summed E-state index contributed by atoms with van der Waals surface area (Å²) in [4.78, 5) is 12.1. The fourth-order valence-corrected chi connectivity index (χ4v) is 3.94. The monoisotopic (exact) mass is 376 g/mol. The van der Waals surface area contributed by atoms with Crippen molar-refractivity contribution >= 4 is 22.1 Å². The Hall–Kier alpha value is -1.15. The molecule has 1 aromatic carbocycles. The molecule has 1 fully saturated rings. The summed E-state index contributed by atoms with van der Waals surface area (Å²) in [5.74, 6) is -0.397. The van der Waals surface area contributed by atoms with Crippen LogP contribution in [0.15, 0.2) is 30.3 Å². The van der Waals surface area contributed by atoms with Crippen LogP contribution in [0, 0.1) is 0 Å². The van der Waals surface area contributed by atoms with E-state index in [1.54, 1.807) is 31.4 Å². The second-order valence-corrected chi connectivity index (χ2v) is 12.9.